The van der Waals surface area contributed by atoms with Crippen molar-refractivity contribution >= 4 is 0 Å². The predicted octanol–water partition coefficient (Wildman–Crippen LogP) is 4.92. The maximum Gasteiger partial charge on any atom is 0.0296 e. The van der Waals surface area contributed by atoms with E-state index in [-0.39, 0.29) is 0 Å². The van der Waals surface area contributed by atoms with Gasteiger partial charge >= 0.3 is 0 Å². The van der Waals surface area contributed by atoms with Gasteiger partial charge in [-0.15, -0.1) is 0 Å². The highest BCUT2D eigenvalue weighted by Crippen LogP contribution is 2.44. The average Bonchev–Trinajstić information content (AvgIpc) is 3.23. The van der Waals surface area contributed by atoms with Gasteiger partial charge in [0.25, 0.3) is 0 Å². The van der Waals surface area contributed by atoms with Gasteiger partial charge in [-0.05, 0) is 69.4 Å². The molecule has 0 radical (unpaired) electrons. The van der Waals surface area contributed by atoms with Crippen LogP contribution in [0.2, 0.25) is 0 Å². The Balaban J connectivity index is 1.61. The first kappa shape index (κ1) is 14.1. The molecule has 110 valence electrons. The highest BCUT2D eigenvalue weighted by Gasteiger charge is 2.34. The van der Waals surface area contributed by atoms with Crippen molar-refractivity contribution in [2.45, 2.75) is 71.4 Å². The van der Waals surface area contributed by atoms with Gasteiger partial charge in [-0.1, -0.05) is 36.6 Å². The first-order valence-corrected chi connectivity index (χ1v) is 8.46. The first-order valence-electron chi connectivity index (χ1n) is 8.46. The lowest BCUT2D eigenvalue weighted by Crippen LogP contribution is -2.36. The number of nitrogens with one attached hydrogen (secondary N) is 1. The monoisotopic (exact) mass is 271 g/mol. The third kappa shape index (κ3) is 3.25. The summed E-state index contributed by atoms with van der Waals surface area (Å²) in [6, 6.07) is 8.09. The summed E-state index contributed by atoms with van der Waals surface area (Å²) < 4.78 is 0. The lowest BCUT2D eigenvalue weighted by Gasteiger charge is -2.32. The second kappa shape index (κ2) is 5.89. The van der Waals surface area contributed by atoms with Crippen molar-refractivity contribution in [2.75, 3.05) is 0 Å². The Bertz CT molecular complexity index is 461. The fourth-order valence-corrected chi connectivity index (χ4v) is 4.13. The van der Waals surface area contributed by atoms with Crippen LogP contribution in [0.15, 0.2) is 18.2 Å². The molecule has 1 heteroatoms. The van der Waals surface area contributed by atoms with E-state index >= 15 is 0 Å². The summed E-state index contributed by atoms with van der Waals surface area (Å²) in [7, 11) is 0. The SMILES string of the molecule is Cc1ccc(C(C)NC2CCCC(C3CC3)C2)c(C)c1. The van der Waals surface area contributed by atoms with E-state index in [1.54, 1.807) is 0 Å². The van der Waals surface area contributed by atoms with Crippen molar-refractivity contribution in [3.05, 3.63) is 34.9 Å². The molecule has 1 aromatic rings. The molecule has 2 fully saturated rings. The molecule has 3 rings (SSSR count). The summed E-state index contributed by atoms with van der Waals surface area (Å²) in [5.41, 5.74) is 4.27. The molecule has 3 atom stereocenters. The van der Waals surface area contributed by atoms with E-state index < -0.39 is 0 Å². The van der Waals surface area contributed by atoms with Crippen molar-refractivity contribution < 1.29 is 0 Å². The number of hydrogen-bond acceptors (Lipinski definition) is 1. The maximum absolute atomic E-state index is 3.91. The Morgan fingerprint density at radius 2 is 1.85 bits per heavy atom. The summed E-state index contributed by atoms with van der Waals surface area (Å²) in [6.45, 7) is 6.75. The molecule has 0 bridgehead atoms. The van der Waals surface area contributed by atoms with Gasteiger partial charge in [0.1, 0.15) is 0 Å². The zero-order valence-electron chi connectivity index (χ0n) is 13.3. The van der Waals surface area contributed by atoms with Gasteiger partial charge in [-0.2, -0.15) is 0 Å². The van der Waals surface area contributed by atoms with Crippen molar-refractivity contribution in [3.63, 3.8) is 0 Å². The Labute approximate surface area is 124 Å². The molecule has 0 aromatic heterocycles. The highest BCUT2D eigenvalue weighted by atomic mass is 14.9. The van der Waals surface area contributed by atoms with Crippen molar-refractivity contribution in [2.24, 2.45) is 11.8 Å². The first-order chi connectivity index (χ1) is 9.63. The molecular weight excluding hydrogens is 242 g/mol. The fourth-order valence-electron chi connectivity index (χ4n) is 4.13. The number of aryl methyl sites for hydroxylation is 2. The van der Waals surface area contributed by atoms with E-state index in [0.29, 0.717) is 6.04 Å². The van der Waals surface area contributed by atoms with E-state index in [2.05, 4.69) is 44.3 Å². The van der Waals surface area contributed by atoms with Gasteiger partial charge < -0.3 is 5.32 Å². The molecule has 2 aliphatic rings. The molecule has 3 unspecified atom stereocenters. The molecule has 0 amide bonds. The van der Waals surface area contributed by atoms with Gasteiger partial charge in [0.05, 0.1) is 0 Å². The molecule has 1 nitrogen and oxygen atoms in total. The van der Waals surface area contributed by atoms with E-state index in [1.807, 2.05) is 0 Å². The van der Waals surface area contributed by atoms with Crippen LogP contribution in [0.4, 0.5) is 0 Å². The maximum atomic E-state index is 3.91. The van der Waals surface area contributed by atoms with Gasteiger partial charge in [-0.3, -0.25) is 0 Å². The third-order valence-corrected chi connectivity index (χ3v) is 5.38. The number of rotatable bonds is 4. The van der Waals surface area contributed by atoms with Crippen LogP contribution in [0.25, 0.3) is 0 Å². The summed E-state index contributed by atoms with van der Waals surface area (Å²) in [4.78, 5) is 0. The largest absolute Gasteiger partial charge is 0.307 e. The smallest absolute Gasteiger partial charge is 0.0296 e. The summed E-state index contributed by atoms with van der Waals surface area (Å²) >= 11 is 0. The third-order valence-electron chi connectivity index (χ3n) is 5.38. The molecule has 0 saturated heterocycles. The molecule has 0 aliphatic heterocycles. The van der Waals surface area contributed by atoms with Crippen LogP contribution in [0.1, 0.15) is 68.2 Å². The van der Waals surface area contributed by atoms with Crippen LogP contribution in [-0.2, 0) is 0 Å². The molecule has 1 N–H and O–H groups in total. The molecule has 1 aromatic carbocycles. The van der Waals surface area contributed by atoms with Gasteiger partial charge in [0.2, 0.25) is 0 Å². The molecule has 2 saturated carbocycles. The molecule has 20 heavy (non-hydrogen) atoms. The van der Waals surface area contributed by atoms with Gasteiger partial charge in [0, 0.05) is 12.1 Å². The predicted molar refractivity (Wildman–Crippen MR) is 85.9 cm³/mol. The zero-order chi connectivity index (χ0) is 14.1. The minimum atomic E-state index is 0.485. The normalized spacial score (nSPS) is 28.4. The van der Waals surface area contributed by atoms with Crippen molar-refractivity contribution in [1.82, 2.24) is 5.32 Å². The lowest BCUT2D eigenvalue weighted by atomic mass is 9.82. The quantitative estimate of drug-likeness (QED) is 0.819. The van der Waals surface area contributed by atoms with Crippen molar-refractivity contribution in [3.8, 4) is 0 Å². The Hall–Kier alpha value is -0.820. The Kier molecular flexibility index (Phi) is 4.16. The van der Waals surface area contributed by atoms with Crippen LogP contribution in [0.3, 0.4) is 0 Å². The summed E-state index contributed by atoms with van der Waals surface area (Å²) in [5.74, 6) is 2.10. The molecule has 0 spiro atoms. The second-order valence-corrected chi connectivity index (χ2v) is 7.21. The minimum Gasteiger partial charge on any atom is -0.307 e. The van der Waals surface area contributed by atoms with E-state index in [9.17, 15) is 0 Å². The van der Waals surface area contributed by atoms with Crippen LogP contribution in [-0.4, -0.2) is 6.04 Å². The summed E-state index contributed by atoms with van der Waals surface area (Å²) in [6.07, 6.45) is 8.71. The number of hydrogen-bond donors (Lipinski definition) is 1. The van der Waals surface area contributed by atoms with Crippen LogP contribution in [0.5, 0.6) is 0 Å². The van der Waals surface area contributed by atoms with Crippen molar-refractivity contribution in [1.29, 1.82) is 0 Å². The van der Waals surface area contributed by atoms with E-state index in [0.717, 1.165) is 17.9 Å². The summed E-state index contributed by atoms with van der Waals surface area (Å²) in [5, 5.41) is 3.91. The van der Waals surface area contributed by atoms with E-state index in [4.69, 9.17) is 0 Å². The van der Waals surface area contributed by atoms with Crippen LogP contribution < -0.4 is 5.32 Å². The van der Waals surface area contributed by atoms with Crippen LogP contribution >= 0.6 is 0 Å². The topological polar surface area (TPSA) is 12.0 Å². The van der Waals surface area contributed by atoms with Gasteiger partial charge in [0.15, 0.2) is 0 Å². The van der Waals surface area contributed by atoms with Gasteiger partial charge in [-0.25, -0.2) is 0 Å². The Morgan fingerprint density at radius 3 is 2.55 bits per heavy atom. The average molecular weight is 271 g/mol. The molecular formula is C19H29N. The fraction of sp³-hybridized carbons (Fsp3) is 0.684. The molecule has 0 heterocycles. The van der Waals surface area contributed by atoms with Crippen LogP contribution in [0, 0.1) is 25.7 Å². The zero-order valence-corrected chi connectivity index (χ0v) is 13.3. The highest BCUT2D eigenvalue weighted by molar-refractivity contribution is 5.32. The standard InChI is InChI=1S/C19H29N/c1-13-7-10-19(14(2)11-13)15(3)20-18-6-4-5-17(12-18)16-8-9-16/h7,10-11,15-18,20H,4-6,8-9,12H2,1-3H3. The number of benzene rings is 1. The lowest BCUT2D eigenvalue weighted by molar-refractivity contribution is 0.249. The Morgan fingerprint density at radius 1 is 1.05 bits per heavy atom. The van der Waals surface area contributed by atoms with E-state index in [1.165, 1.54) is 55.2 Å². The second-order valence-electron chi connectivity index (χ2n) is 7.21. The molecule has 2 aliphatic carbocycles. The minimum absolute atomic E-state index is 0.485.